The van der Waals surface area contributed by atoms with E-state index in [1.165, 1.54) is 60.9 Å². The van der Waals surface area contributed by atoms with Crippen LogP contribution in [0.2, 0.25) is 8.26 Å². The topological polar surface area (TPSA) is 0 Å². The van der Waals surface area contributed by atoms with Crippen LogP contribution in [0.3, 0.4) is 0 Å². The molecule has 3 heteroatoms. The van der Waals surface area contributed by atoms with Gasteiger partial charge in [-0.15, -0.1) is 0 Å². The van der Waals surface area contributed by atoms with Crippen LogP contribution in [-0.2, 0) is 20.3 Å². The zero-order valence-electron chi connectivity index (χ0n) is 23.3. The van der Waals surface area contributed by atoms with Gasteiger partial charge in [0.25, 0.3) is 0 Å². The molecular weight excluding hydrogens is 607 g/mol. The van der Waals surface area contributed by atoms with Gasteiger partial charge in [0.15, 0.2) is 0 Å². The summed E-state index contributed by atoms with van der Waals surface area (Å²) in [5, 5.41) is 0. The minimum Gasteiger partial charge on any atom is -1.00 e. The van der Waals surface area contributed by atoms with Gasteiger partial charge in [-0.3, -0.25) is 0 Å². The second-order valence-electron chi connectivity index (χ2n) is 11.4. The molecule has 4 aromatic rings. The van der Waals surface area contributed by atoms with Crippen molar-refractivity contribution in [2.24, 2.45) is 0 Å². The molecule has 0 N–H and O–H groups in total. The van der Waals surface area contributed by atoms with Gasteiger partial charge in [0.1, 0.15) is 0 Å². The molecule has 0 aromatic heterocycles. The maximum absolute atomic E-state index is 2.75. The molecule has 202 valence electrons. The first-order valence-corrected chi connectivity index (χ1v) is 20.8. The Kier molecular flexibility index (Phi) is 8.78. The van der Waals surface area contributed by atoms with Gasteiger partial charge in [0.05, 0.1) is 0 Å². The van der Waals surface area contributed by atoms with Crippen LogP contribution in [0.4, 0.5) is 0 Å². The maximum Gasteiger partial charge on any atom is -1.00 e. The molecule has 2 aliphatic carbocycles. The van der Waals surface area contributed by atoms with Crippen LogP contribution in [-0.4, -0.2) is 0 Å². The Bertz CT molecular complexity index is 1450. The molecule has 3 aliphatic rings. The average Bonchev–Trinajstić information content (AvgIpc) is 3.53. The van der Waals surface area contributed by atoms with Crippen LogP contribution in [0.25, 0.3) is 34.4 Å². The summed E-state index contributed by atoms with van der Waals surface area (Å²) < 4.78 is 4.44. The van der Waals surface area contributed by atoms with Crippen molar-refractivity contribution in [3.63, 3.8) is 0 Å². The van der Waals surface area contributed by atoms with Crippen molar-refractivity contribution in [1.29, 1.82) is 0 Å². The van der Waals surface area contributed by atoms with Gasteiger partial charge in [-0.2, -0.15) is 0 Å². The van der Waals surface area contributed by atoms with Gasteiger partial charge >= 0.3 is 234 Å². The van der Waals surface area contributed by atoms with E-state index in [1.54, 1.807) is 22.3 Å². The zero-order valence-corrected chi connectivity index (χ0v) is 27.3. The number of benzene rings is 4. The molecule has 0 spiro atoms. The Morgan fingerprint density at radius 1 is 0.550 bits per heavy atom. The largest absolute Gasteiger partial charge is 1.00 e. The second-order valence-corrected chi connectivity index (χ2v) is 22.8. The van der Waals surface area contributed by atoms with Crippen LogP contribution in [0, 0.1) is 0 Å². The van der Waals surface area contributed by atoms with E-state index in [4.69, 9.17) is 0 Å². The summed E-state index contributed by atoms with van der Waals surface area (Å²) in [6, 6.07) is 36.4. The van der Waals surface area contributed by atoms with E-state index >= 15 is 0 Å². The SMILES string of the molecule is CCC1=Cc2c(-c3ccccc3)cccc2[CH]1[Zr+2]1([CH]2C(CC)=Cc3c(-c4ccccc4)cccc32)[CH2]C[CH2]1.[Cl-].[Cl-]. The standard InChI is InChI=1S/2C17H15.C3H6.2ClH.Zr/c2*1-2-13-11-15-9-6-10-16(17(15)12-13)14-7-4-3-5-8-14;1-3-2;;;/h2*3-12H,2H2,1H3;1-3H2;2*1H;/q;;;;;+2/p-2. The maximum atomic E-state index is 2.62. The predicted octanol–water partition coefficient (Wildman–Crippen LogP) is 4.82. The summed E-state index contributed by atoms with van der Waals surface area (Å²) in [5.41, 5.74) is 15.3. The number of rotatable bonds is 6. The van der Waals surface area contributed by atoms with Crippen molar-refractivity contribution in [3.8, 4) is 22.3 Å². The number of allylic oxidation sites excluding steroid dienone is 2. The summed E-state index contributed by atoms with van der Waals surface area (Å²) in [5.74, 6) is 0. The molecule has 1 aliphatic heterocycles. The van der Waals surface area contributed by atoms with Crippen LogP contribution >= 0.6 is 0 Å². The summed E-state index contributed by atoms with van der Waals surface area (Å²) >= 11 is -2.75. The van der Waals surface area contributed by atoms with E-state index in [-0.39, 0.29) is 24.8 Å². The molecule has 0 amide bonds. The Morgan fingerprint density at radius 3 is 1.32 bits per heavy atom. The summed E-state index contributed by atoms with van der Waals surface area (Å²) in [7, 11) is 0. The van der Waals surface area contributed by atoms with Crippen molar-refractivity contribution in [2.45, 2.75) is 48.6 Å². The van der Waals surface area contributed by atoms with Crippen molar-refractivity contribution in [3.05, 3.63) is 130 Å². The van der Waals surface area contributed by atoms with Gasteiger partial charge in [0.2, 0.25) is 0 Å². The Morgan fingerprint density at radius 2 is 0.975 bits per heavy atom. The molecule has 1 fully saturated rings. The first kappa shape index (κ1) is 29.3. The van der Waals surface area contributed by atoms with Gasteiger partial charge in [0, 0.05) is 0 Å². The smallest absolute Gasteiger partial charge is 1.00 e. The van der Waals surface area contributed by atoms with E-state index in [9.17, 15) is 0 Å². The van der Waals surface area contributed by atoms with Gasteiger partial charge < -0.3 is 24.8 Å². The van der Waals surface area contributed by atoms with Crippen molar-refractivity contribution in [1.82, 2.24) is 0 Å². The van der Waals surface area contributed by atoms with Crippen molar-refractivity contribution >= 4 is 12.2 Å². The van der Waals surface area contributed by atoms with E-state index in [0.29, 0.717) is 7.25 Å². The predicted molar refractivity (Wildman–Crippen MR) is 160 cm³/mol. The number of hydrogen-bond acceptors (Lipinski definition) is 0. The van der Waals surface area contributed by atoms with Crippen LogP contribution in [0.15, 0.2) is 108 Å². The minimum absolute atomic E-state index is 0. The molecule has 40 heavy (non-hydrogen) atoms. The molecule has 2 atom stereocenters. The van der Waals surface area contributed by atoms with Gasteiger partial charge in [-0.25, -0.2) is 0 Å². The fourth-order valence-electron chi connectivity index (χ4n) is 7.97. The number of fused-ring (bicyclic) bond motifs is 2. The fraction of sp³-hybridized carbons (Fsp3) is 0.243. The van der Waals surface area contributed by atoms with Gasteiger partial charge in [-0.05, 0) is 0 Å². The molecule has 1 saturated heterocycles. The molecule has 0 radical (unpaired) electrons. The van der Waals surface area contributed by atoms with E-state index in [2.05, 4.69) is 123 Å². The number of halogens is 2. The third-order valence-electron chi connectivity index (χ3n) is 9.72. The quantitative estimate of drug-likeness (QED) is 0.283. The van der Waals surface area contributed by atoms with E-state index in [1.807, 2.05) is 0 Å². The molecule has 0 saturated carbocycles. The molecule has 0 bridgehead atoms. The molecule has 2 unspecified atom stereocenters. The Labute approximate surface area is 256 Å². The zero-order chi connectivity index (χ0) is 25.7. The molecule has 7 rings (SSSR count). The van der Waals surface area contributed by atoms with Crippen LogP contribution in [0.5, 0.6) is 0 Å². The van der Waals surface area contributed by atoms with E-state index in [0.717, 1.165) is 0 Å². The normalized spacial score (nSPS) is 18.9. The first-order valence-electron chi connectivity index (χ1n) is 14.5. The molecule has 4 aromatic carbocycles. The minimum atomic E-state index is -2.75. The first-order chi connectivity index (χ1) is 18.7. The Hall–Kier alpha value is -2.18. The third-order valence-corrected chi connectivity index (χ3v) is 25.0. The fourth-order valence-corrected chi connectivity index (χ4v) is 23.8. The van der Waals surface area contributed by atoms with Crippen LogP contribution in [0.1, 0.15) is 62.6 Å². The Balaban J connectivity index is 0.00000161. The number of hydrogen-bond donors (Lipinski definition) is 0. The van der Waals surface area contributed by atoms with Crippen molar-refractivity contribution in [2.75, 3.05) is 0 Å². The second kappa shape index (κ2) is 12.0. The van der Waals surface area contributed by atoms with Crippen molar-refractivity contribution < 1.29 is 45.1 Å². The van der Waals surface area contributed by atoms with Gasteiger partial charge in [-0.1, -0.05) is 0 Å². The summed E-state index contributed by atoms with van der Waals surface area (Å²) in [6.45, 7) is 4.80. The summed E-state index contributed by atoms with van der Waals surface area (Å²) in [6.07, 6.45) is 9.00. The van der Waals surface area contributed by atoms with E-state index < -0.39 is 20.3 Å². The molecule has 0 nitrogen and oxygen atoms in total. The van der Waals surface area contributed by atoms with Crippen LogP contribution < -0.4 is 24.8 Å². The monoisotopic (exact) mass is 640 g/mol. The summed E-state index contributed by atoms with van der Waals surface area (Å²) in [4.78, 5) is 0. The molecule has 1 heterocycles. The third kappa shape index (κ3) is 4.54. The average molecular weight is 643 g/mol. The molecular formula is C37H36Cl2Zr.